The SMILES string of the molecule is CCCC[Si](C)(C)OC(Cc1ccccc1)C(=O)O[Si](C)(C)C(C)(C)C. The Labute approximate surface area is 162 Å². The number of carbonyl (C=O) groups is 1. The lowest BCUT2D eigenvalue weighted by Gasteiger charge is -2.37. The topological polar surface area (TPSA) is 35.5 Å². The Bertz CT molecular complexity index is 562. The van der Waals surface area contributed by atoms with E-state index in [2.05, 4.69) is 66.0 Å². The fourth-order valence-corrected chi connectivity index (χ4v) is 5.73. The minimum absolute atomic E-state index is 0.00485. The fraction of sp³-hybridized carbons (Fsp3) is 0.667. The molecule has 0 bridgehead atoms. The van der Waals surface area contributed by atoms with Crippen LogP contribution in [-0.4, -0.2) is 28.7 Å². The Morgan fingerprint density at radius 1 is 1.08 bits per heavy atom. The molecule has 0 aliphatic heterocycles. The Kier molecular flexibility index (Phi) is 8.30. The number of hydrogen-bond donors (Lipinski definition) is 0. The average molecular weight is 395 g/mol. The van der Waals surface area contributed by atoms with Crippen molar-refractivity contribution in [1.29, 1.82) is 0 Å². The molecule has 148 valence electrons. The second kappa shape index (κ2) is 9.33. The molecule has 1 aromatic rings. The quantitative estimate of drug-likeness (QED) is 0.470. The molecule has 0 saturated heterocycles. The van der Waals surface area contributed by atoms with Gasteiger partial charge in [0, 0.05) is 6.42 Å². The van der Waals surface area contributed by atoms with Crippen LogP contribution in [0.3, 0.4) is 0 Å². The number of rotatable bonds is 9. The normalized spacial score (nSPS) is 14.2. The number of hydrogen-bond acceptors (Lipinski definition) is 3. The first kappa shape index (κ1) is 23.1. The predicted molar refractivity (Wildman–Crippen MR) is 116 cm³/mol. The van der Waals surface area contributed by atoms with Gasteiger partial charge in [-0.25, -0.2) is 0 Å². The van der Waals surface area contributed by atoms with Crippen molar-refractivity contribution in [3.8, 4) is 0 Å². The van der Waals surface area contributed by atoms with Crippen molar-refractivity contribution in [3.63, 3.8) is 0 Å². The summed E-state index contributed by atoms with van der Waals surface area (Å²) in [6.45, 7) is 17.3. The van der Waals surface area contributed by atoms with Gasteiger partial charge in [0.05, 0.1) is 0 Å². The van der Waals surface area contributed by atoms with Crippen molar-refractivity contribution in [2.75, 3.05) is 0 Å². The first-order valence-electron chi connectivity index (χ1n) is 9.82. The van der Waals surface area contributed by atoms with Crippen LogP contribution >= 0.6 is 0 Å². The highest BCUT2D eigenvalue weighted by atomic mass is 28.4. The van der Waals surface area contributed by atoms with Gasteiger partial charge in [-0.1, -0.05) is 70.9 Å². The van der Waals surface area contributed by atoms with Crippen LogP contribution in [0, 0.1) is 0 Å². The van der Waals surface area contributed by atoms with E-state index in [1.165, 1.54) is 0 Å². The minimum Gasteiger partial charge on any atom is -0.517 e. The summed E-state index contributed by atoms with van der Waals surface area (Å²) in [5.41, 5.74) is 1.12. The molecule has 0 N–H and O–H groups in total. The van der Waals surface area contributed by atoms with Crippen molar-refractivity contribution < 1.29 is 13.6 Å². The van der Waals surface area contributed by atoms with Gasteiger partial charge in [0.2, 0.25) is 0 Å². The van der Waals surface area contributed by atoms with E-state index in [4.69, 9.17) is 8.85 Å². The van der Waals surface area contributed by atoms with Gasteiger partial charge in [-0.15, -0.1) is 0 Å². The van der Waals surface area contributed by atoms with Gasteiger partial charge in [0.1, 0.15) is 6.10 Å². The zero-order chi connectivity index (χ0) is 20.0. The molecule has 0 amide bonds. The van der Waals surface area contributed by atoms with Gasteiger partial charge in [-0.3, -0.25) is 4.79 Å². The zero-order valence-electron chi connectivity index (χ0n) is 18.0. The zero-order valence-corrected chi connectivity index (χ0v) is 20.0. The van der Waals surface area contributed by atoms with Crippen LogP contribution in [0.4, 0.5) is 0 Å². The summed E-state index contributed by atoms with van der Waals surface area (Å²) in [6, 6.07) is 11.2. The molecule has 0 heterocycles. The van der Waals surface area contributed by atoms with Crippen LogP contribution in [-0.2, 0) is 20.1 Å². The Morgan fingerprint density at radius 3 is 2.15 bits per heavy atom. The summed E-state index contributed by atoms with van der Waals surface area (Å²) in [5, 5.41) is -0.00485. The van der Waals surface area contributed by atoms with E-state index >= 15 is 0 Å². The van der Waals surface area contributed by atoms with Crippen LogP contribution in [0.15, 0.2) is 30.3 Å². The largest absolute Gasteiger partial charge is 0.517 e. The number of benzene rings is 1. The first-order chi connectivity index (χ1) is 11.9. The summed E-state index contributed by atoms with van der Waals surface area (Å²) in [7, 11) is -4.07. The van der Waals surface area contributed by atoms with Crippen molar-refractivity contribution in [2.45, 2.75) is 90.3 Å². The average Bonchev–Trinajstić information content (AvgIpc) is 2.51. The highest BCUT2D eigenvalue weighted by Gasteiger charge is 2.42. The van der Waals surface area contributed by atoms with Crippen molar-refractivity contribution in [2.24, 2.45) is 0 Å². The van der Waals surface area contributed by atoms with E-state index < -0.39 is 22.7 Å². The van der Waals surface area contributed by atoms with E-state index in [-0.39, 0.29) is 11.0 Å². The highest BCUT2D eigenvalue weighted by Crippen LogP contribution is 2.37. The molecule has 0 aliphatic carbocycles. The van der Waals surface area contributed by atoms with E-state index in [1.807, 2.05) is 18.2 Å². The van der Waals surface area contributed by atoms with Crippen molar-refractivity contribution in [1.82, 2.24) is 0 Å². The summed E-state index contributed by atoms with van der Waals surface area (Å²) in [6.07, 6.45) is 2.37. The standard InChI is InChI=1S/C21H38O3Si2/c1-9-10-16-25(5,6)23-19(17-18-14-12-11-13-15-18)20(22)24-26(7,8)21(2,3)4/h11-15,19H,9-10,16-17H2,1-8H3. The predicted octanol–water partition coefficient (Wildman–Crippen LogP) is 6.17. The molecule has 0 aliphatic rings. The molecule has 0 radical (unpaired) electrons. The van der Waals surface area contributed by atoms with E-state index in [9.17, 15) is 4.79 Å². The lowest BCUT2D eigenvalue weighted by atomic mass is 10.1. The van der Waals surface area contributed by atoms with Crippen LogP contribution in [0.5, 0.6) is 0 Å². The highest BCUT2D eigenvalue weighted by molar-refractivity contribution is 6.75. The van der Waals surface area contributed by atoms with Crippen LogP contribution in [0.1, 0.15) is 46.1 Å². The molecule has 5 heteroatoms. The van der Waals surface area contributed by atoms with Crippen molar-refractivity contribution in [3.05, 3.63) is 35.9 Å². The van der Waals surface area contributed by atoms with E-state index in [0.717, 1.165) is 24.4 Å². The fourth-order valence-electron chi connectivity index (χ4n) is 2.52. The third-order valence-corrected chi connectivity index (χ3v) is 12.1. The molecule has 1 aromatic carbocycles. The molecule has 0 saturated carbocycles. The molecule has 0 aromatic heterocycles. The Balaban J connectivity index is 2.97. The summed E-state index contributed by atoms with van der Waals surface area (Å²) < 4.78 is 12.5. The Hall–Kier alpha value is -0.916. The molecular formula is C21H38O3Si2. The minimum atomic E-state index is -2.16. The second-order valence-corrected chi connectivity index (χ2v) is 18.3. The molecule has 1 rings (SSSR count). The lowest BCUT2D eigenvalue weighted by molar-refractivity contribution is -0.143. The van der Waals surface area contributed by atoms with Crippen LogP contribution in [0.2, 0.25) is 37.3 Å². The number of unbranched alkanes of at least 4 members (excludes halogenated alkanes) is 1. The first-order valence-corrected chi connectivity index (χ1v) is 15.8. The summed E-state index contributed by atoms with van der Waals surface area (Å²) >= 11 is 0. The van der Waals surface area contributed by atoms with Gasteiger partial charge in [-0.2, -0.15) is 0 Å². The molecule has 3 nitrogen and oxygen atoms in total. The molecule has 0 spiro atoms. The maximum atomic E-state index is 13.1. The maximum Gasteiger partial charge on any atom is 0.321 e. The van der Waals surface area contributed by atoms with Gasteiger partial charge < -0.3 is 8.85 Å². The van der Waals surface area contributed by atoms with E-state index in [0.29, 0.717) is 6.42 Å². The van der Waals surface area contributed by atoms with E-state index in [1.54, 1.807) is 0 Å². The van der Waals surface area contributed by atoms with Crippen molar-refractivity contribution >= 4 is 22.6 Å². The third-order valence-electron chi connectivity index (χ3n) is 5.28. The molecule has 0 fully saturated rings. The summed E-state index contributed by atoms with van der Waals surface area (Å²) in [4.78, 5) is 13.1. The molecule has 1 unspecified atom stereocenters. The number of carbonyl (C=O) groups excluding carboxylic acids is 1. The summed E-state index contributed by atoms with van der Waals surface area (Å²) in [5.74, 6) is -0.183. The molecular weight excluding hydrogens is 356 g/mol. The van der Waals surface area contributed by atoms with Crippen LogP contribution in [0.25, 0.3) is 0 Å². The smallest absolute Gasteiger partial charge is 0.321 e. The van der Waals surface area contributed by atoms with Gasteiger partial charge in [0.25, 0.3) is 8.32 Å². The lowest BCUT2D eigenvalue weighted by Crippen LogP contribution is -2.48. The Morgan fingerprint density at radius 2 is 1.65 bits per heavy atom. The molecule has 1 atom stereocenters. The van der Waals surface area contributed by atoms with Crippen LogP contribution < -0.4 is 0 Å². The second-order valence-electron chi connectivity index (χ2n) is 9.34. The monoisotopic (exact) mass is 394 g/mol. The van der Waals surface area contributed by atoms with Gasteiger partial charge >= 0.3 is 5.97 Å². The van der Waals surface area contributed by atoms with Gasteiger partial charge in [-0.05, 0) is 42.8 Å². The maximum absolute atomic E-state index is 13.1. The molecule has 26 heavy (non-hydrogen) atoms. The third kappa shape index (κ3) is 7.37. The van der Waals surface area contributed by atoms with Gasteiger partial charge in [0.15, 0.2) is 8.32 Å².